The Morgan fingerprint density at radius 2 is 2.33 bits per heavy atom. The van der Waals surface area contributed by atoms with E-state index in [0.29, 0.717) is 11.8 Å². The van der Waals surface area contributed by atoms with Crippen molar-refractivity contribution in [3.63, 3.8) is 0 Å². The Hall–Kier alpha value is -1.26. The molecule has 0 bridgehead atoms. The van der Waals surface area contributed by atoms with Crippen LogP contribution >= 0.6 is 0 Å². The molecule has 1 N–H and O–H groups in total. The molecule has 2 rings (SSSR count). The van der Waals surface area contributed by atoms with Gasteiger partial charge in [-0.1, -0.05) is 13.0 Å². The van der Waals surface area contributed by atoms with Gasteiger partial charge in [-0.05, 0) is 24.1 Å². The highest BCUT2D eigenvalue weighted by Gasteiger charge is 2.21. The van der Waals surface area contributed by atoms with E-state index < -0.39 is 0 Å². The fourth-order valence-corrected chi connectivity index (χ4v) is 2.34. The second-order valence-electron chi connectivity index (χ2n) is 4.61. The molecule has 0 radical (unpaired) electrons. The van der Waals surface area contributed by atoms with Gasteiger partial charge in [-0.15, -0.1) is 0 Å². The Morgan fingerprint density at radius 3 is 3.00 bits per heavy atom. The zero-order chi connectivity index (χ0) is 13.0. The second-order valence-corrected chi connectivity index (χ2v) is 4.61. The number of hydrogen-bond donors (Lipinski definition) is 1. The van der Waals surface area contributed by atoms with E-state index in [1.54, 1.807) is 13.2 Å². The number of methoxy groups -OCH3 is 1. The maximum atomic E-state index is 9.78. The molecule has 0 saturated carbocycles. The summed E-state index contributed by atoms with van der Waals surface area (Å²) in [6.07, 6.45) is 1.09. The van der Waals surface area contributed by atoms with Crippen LogP contribution in [0.3, 0.4) is 0 Å². The first-order valence-electron chi connectivity index (χ1n) is 6.42. The molecule has 0 amide bonds. The molecule has 100 valence electrons. The molecule has 1 atom stereocenters. The molecule has 1 fully saturated rings. The minimum absolute atomic E-state index is 0.205. The van der Waals surface area contributed by atoms with Crippen LogP contribution in [0.4, 0.5) is 0 Å². The Morgan fingerprint density at radius 1 is 1.50 bits per heavy atom. The van der Waals surface area contributed by atoms with Gasteiger partial charge in [-0.3, -0.25) is 4.90 Å². The standard InChI is InChI=1S/C14H21NO3/c1-3-12-10-18-7-6-15(12)9-11-4-5-14(17-2)13(16)8-11/h4-5,8,12,16H,3,6-7,9-10H2,1-2H3. The van der Waals surface area contributed by atoms with Gasteiger partial charge in [0, 0.05) is 19.1 Å². The molecule has 1 heterocycles. The molecule has 1 unspecified atom stereocenters. The van der Waals surface area contributed by atoms with Crippen molar-refractivity contribution >= 4 is 0 Å². The zero-order valence-corrected chi connectivity index (χ0v) is 11.1. The molecular formula is C14H21NO3. The number of morpholine rings is 1. The summed E-state index contributed by atoms with van der Waals surface area (Å²) in [5.74, 6) is 0.726. The lowest BCUT2D eigenvalue weighted by Crippen LogP contribution is -2.44. The summed E-state index contributed by atoms with van der Waals surface area (Å²) < 4.78 is 10.5. The van der Waals surface area contributed by atoms with Crippen LogP contribution in [0.2, 0.25) is 0 Å². The molecule has 1 aromatic carbocycles. The van der Waals surface area contributed by atoms with E-state index in [4.69, 9.17) is 9.47 Å². The number of nitrogens with zero attached hydrogens (tertiary/aromatic N) is 1. The topological polar surface area (TPSA) is 41.9 Å². The lowest BCUT2D eigenvalue weighted by molar-refractivity contribution is -0.0127. The molecule has 0 aliphatic carbocycles. The fraction of sp³-hybridized carbons (Fsp3) is 0.571. The Kier molecular flexibility index (Phi) is 4.44. The molecule has 0 aromatic heterocycles. The fourth-order valence-electron chi connectivity index (χ4n) is 2.34. The number of benzene rings is 1. The van der Waals surface area contributed by atoms with Crippen LogP contribution in [0.15, 0.2) is 18.2 Å². The average molecular weight is 251 g/mol. The van der Waals surface area contributed by atoms with E-state index in [9.17, 15) is 5.11 Å². The van der Waals surface area contributed by atoms with Gasteiger partial charge in [0.05, 0.1) is 20.3 Å². The number of phenols is 1. The normalized spacial score (nSPS) is 20.9. The van der Waals surface area contributed by atoms with Crippen molar-refractivity contribution in [1.29, 1.82) is 0 Å². The van der Waals surface area contributed by atoms with Gasteiger partial charge in [-0.2, -0.15) is 0 Å². The van der Waals surface area contributed by atoms with Gasteiger partial charge < -0.3 is 14.6 Å². The zero-order valence-electron chi connectivity index (χ0n) is 11.1. The Bertz CT molecular complexity index is 395. The average Bonchev–Trinajstić information content (AvgIpc) is 2.39. The number of rotatable bonds is 4. The summed E-state index contributed by atoms with van der Waals surface area (Å²) in [7, 11) is 1.56. The summed E-state index contributed by atoms with van der Waals surface area (Å²) in [6, 6.07) is 6.07. The molecule has 1 aliphatic heterocycles. The third-order valence-electron chi connectivity index (χ3n) is 3.45. The van der Waals surface area contributed by atoms with E-state index in [-0.39, 0.29) is 5.75 Å². The number of phenolic OH excluding ortho intramolecular Hbond substituents is 1. The highest BCUT2D eigenvalue weighted by molar-refractivity contribution is 5.41. The second kappa shape index (κ2) is 6.07. The number of aromatic hydroxyl groups is 1. The van der Waals surface area contributed by atoms with Crippen molar-refractivity contribution in [1.82, 2.24) is 4.90 Å². The van der Waals surface area contributed by atoms with Crippen molar-refractivity contribution in [2.24, 2.45) is 0 Å². The summed E-state index contributed by atoms with van der Waals surface area (Å²) in [5.41, 5.74) is 1.11. The maximum Gasteiger partial charge on any atom is 0.160 e. The summed E-state index contributed by atoms with van der Waals surface area (Å²) in [4.78, 5) is 2.41. The first-order valence-corrected chi connectivity index (χ1v) is 6.42. The van der Waals surface area contributed by atoms with E-state index >= 15 is 0 Å². The first-order chi connectivity index (χ1) is 8.74. The smallest absolute Gasteiger partial charge is 0.160 e. The molecule has 1 saturated heterocycles. The molecule has 1 aliphatic rings. The highest BCUT2D eigenvalue weighted by atomic mass is 16.5. The predicted octanol–water partition coefficient (Wildman–Crippen LogP) is 2.01. The lowest BCUT2D eigenvalue weighted by atomic mass is 10.1. The van der Waals surface area contributed by atoms with Crippen LogP contribution < -0.4 is 4.74 Å². The van der Waals surface area contributed by atoms with E-state index in [0.717, 1.165) is 38.3 Å². The minimum atomic E-state index is 0.205. The maximum absolute atomic E-state index is 9.78. The number of ether oxygens (including phenoxy) is 2. The van der Waals surface area contributed by atoms with Crippen LogP contribution in [0, 0.1) is 0 Å². The summed E-state index contributed by atoms with van der Waals surface area (Å²) in [6.45, 7) is 5.57. The van der Waals surface area contributed by atoms with Gasteiger partial charge in [0.25, 0.3) is 0 Å². The molecule has 4 nitrogen and oxygen atoms in total. The molecular weight excluding hydrogens is 230 g/mol. The van der Waals surface area contributed by atoms with Gasteiger partial charge in [0.1, 0.15) is 0 Å². The third kappa shape index (κ3) is 2.94. The van der Waals surface area contributed by atoms with Gasteiger partial charge in [0.15, 0.2) is 11.5 Å². The van der Waals surface area contributed by atoms with Gasteiger partial charge in [-0.25, -0.2) is 0 Å². The van der Waals surface area contributed by atoms with Crippen LogP contribution in [-0.2, 0) is 11.3 Å². The van der Waals surface area contributed by atoms with Crippen molar-refractivity contribution in [3.8, 4) is 11.5 Å². The quantitative estimate of drug-likeness (QED) is 0.889. The van der Waals surface area contributed by atoms with Crippen molar-refractivity contribution in [2.75, 3.05) is 26.9 Å². The monoisotopic (exact) mass is 251 g/mol. The van der Waals surface area contributed by atoms with E-state index in [2.05, 4.69) is 11.8 Å². The molecule has 1 aromatic rings. The van der Waals surface area contributed by atoms with Crippen molar-refractivity contribution < 1.29 is 14.6 Å². The van der Waals surface area contributed by atoms with E-state index in [1.807, 2.05) is 12.1 Å². The van der Waals surface area contributed by atoms with Crippen LogP contribution in [0.5, 0.6) is 11.5 Å². The predicted molar refractivity (Wildman–Crippen MR) is 70.0 cm³/mol. The Labute approximate surface area is 108 Å². The van der Waals surface area contributed by atoms with E-state index in [1.165, 1.54) is 0 Å². The molecule has 18 heavy (non-hydrogen) atoms. The van der Waals surface area contributed by atoms with Gasteiger partial charge >= 0.3 is 0 Å². The van der Waals surface area contributed by atoms with Crippen LogP contribution in [0.1, 0.15) is 18.9 Å². The number of hydrogen-bond acceptors (Lipinski definition) is 4. The highest BCUT2D eigenvalue weighted by Crippen LogP contribution is 2.27. The third-order valence-corrected chi connectivity index (χ3v) is 3.45. The largest absolute Gasteiger partial charge is 0.504 e. The first kappa shape index (κ1) is 13.2. The SMILES string of the molecule is CCC1COCCN1Cc1ccc(OC)c(O)c1. The van der Waals surface area contributed by atoms with Crippen molar-refractivity contribution in [3.05, 3.63) is 23.8 Å². The van der Waals surface area contributed by atoms with Crippen LogP contribution in [0.25, 0.3) is 0 Å². The molecule has 0 spiro atoms. The Balaban J connectivity index is 2.05. The molecule has 4 heteroatoms. The van der Waals surface area contributed by atoms with Crippen molar-refractivity contribution in [2.45, 2.75) is 25.9 Å². The lowest BCUT2D eigenvalue weighted by Gasteiger charge is -2.35. The minimum Gasteiger partial charge on any atom is -0.504 e. The summed E-state index contributed by atoms with van der Waals surface area (Å²) in [5, 5.41) is 9.78. The summed E-state index contributed by atoms with van der Waals surface area (Å²) >= 11 is 0. The van der Waals surface area contributed by atoms with Gasteiger partial charge in [0.2, 0.25) is 0 Å². The van der Waals surface area contributed by atoms with Crippen LogP contribution in [-0.4, -0.2) is 42.9 Å².